The molecule has 2 atom stereocenters. The lowest BCUT2D eigenvalue weighted by Crippen LogP contribution is -2.55. The predicted octanol–water partition coefficient (Wildman–Crippen LogP) is 2.29. The van der Waals surface area contributed by atoms with Gasteiger partial charge in [0.2, 0.25) is 5.95 Å². The van der Waals surface area contributed by atoms with Crippen LogP contribution in [0.4, 0.5) is 31.9 Å². The van der Waals surface area contributed by atoms with E-state index in [1.807, 2.05) is 0 Å². The molecule has 1 fully saturated rings. The monoisotopic (exact) mass is 431 g/mol. The fraction of sp³-hybridized carbons (Fsp3) is 0.316. The van der Waals surface area contributed by atoms with Gasteiger partial charge in [-0.05, 0) is 31.0 Å². The topological polar surface area (TPSA) is 167 Å². The van der Waals surface area contributed by atoms with Gasteiger partial charge in [-0.3, -0.25) is 10.2 Å². The Morgan fingerprint density at radius 3 is 2.87 bits per heavy atom. The Bertz CT molecular complexity index is 983. The number of halogens is 2. The third kappa shape index (κ3) is 5.48. The first-order valence-electron chi connectivity index (χ1n) is 9.52. The lowest BCUT2D eigenvalue weighted by Gasteiger charge is -2.35. The number of anilines is 4. The van der Waals surface area contributed by atoms with E-state index in [-0.39, 0.29) is 23.8 Å². The lowest BCUT2D eigenvalue weighted by molar-refractivity contribution is -0.0555. The second kappa shape index (κ2) is 9.43. The van der Waals surface area contributed by atoms with Gasteiger partial charge in [0, 0.05) is 24.5 Å². The highest BCUT2D eigenvalue weighted by atomic mass is 19.3. The van der Waals surface area contributed by atoms with E-state index in [4.69, 9.17) is 16.9 Å². The van der Waals surface area contributed by atoms with Crippen molar-refractivity contribution in [3.63, 3.8) is 0 Å². The third-order valence-corrected chi connectivity index (χ3v) is 4.78. The van der Waals surface area contributed by atoms with Crippen LogP contribution in [-0.4, -0.2) is 46.3 Å². The van der Waals surface area contributed by atoms with Gasteiger partial charge >= 0.3 is 0 Å². The van der Waals surface area contributed by atoms with Crippen LogP contribution in [0.2, 0.25) is 0 Å². The molecule has 1 aliphatic rings. The minimum atomic E-state index is -2.97. The molecule has 0 bridgehead atoms. The van der Waals surface area contributed by atoms with E-state index in [2.05, 4.69) is 31.1 Å². The first kappa shape index (κ1) is 22.0. The summed E-state index contributed by atoms with van der Waals surface area (Å²) in [6, 6.07) is 4.82. The maximum Gasteiger partial charge on any atom is 0.264 e. The highest BCUT2D eigenvalue weighted by Gasteiger charge is 2.44. The molecule has 0 spiro atoms. The minimum absolute atomic E-state index is 0.0315. The fourth-order valence-corrected chi connectivity index (χ4v) is 3.21. The number of amides is 1. The number of primary amides is 1. The van der Waals surface area contributed by atoms with Crippen molar-refractivity contribution in [1.82, 2.24) is 9.97 Å². The molecule has 1 saturated carbocycles. The molecule has 12 heteroatoms. The molecule has 3 rings (SSSR count). The van der Waals surface area contributed by atoms with Crippen molar-refractivity contribution in [3.05, 3.63) is 36.0 Å². The second-order valence-electron chi connectivity index (χ2n) is 7.01. The van der Waals surface area contributed by atoms with Crippen molar-refractivity contribution in [2.75, 3.05) is 16.1 Å². The molecule has 1 aromatic carbocycles. The number of aromatic nitrogens is 2. The van der Waals surface area contributed by atoms with Crippen molar-refractivity contribution in [1.29, 1.82) is 5.41 Å². The van der Waals surface area contributed by atoms with Crippen molar-refractivity contribution in [2.45, 2.75) is 37.3 Å². The zero-order valence-electron chi connectivity index (χ0n) is 16.5. The maximum atomic E-state index is 13.9. The quantitative estimate of drug-likeness (QED) is 0.275. The summed E-state index contributed by atoms with van der Waals surface area (Å²) in [5.41, 5.74) is 15.1. The molecular formula is C19H23F2N9O. The van der Waals surface area contributed by atoms with Crippen molar-refractivity contribution >= 4 is 41.5 Å². The third-order valence-electron chi connectivity index (χ3n) is 4.78. The van der Waals surface area contributed by atoms with E-state index < -0.39 is 23.9 Å². The summed E-state index contributed by atoms with van der Waals surface area (Å²) in [7, 11) is 0. The number of hydrogen-bond acceptors (Lipinski definition) is 9. The number of benzene rings is 1. The van der Waals surface area contributed by atoms with Crippen LogP contribution in [0, 0.1) is 5.41 Å². The molecule has 1 aliphatic carbocycles. The molecule has 8 N–H and O–H groups in total. The highest BCUT2D eigenvalue weighted by Crippen LogP contribution is 2.33. The van der Waals surface area contributed by atoms with Crippen molar-refractivity contribution < 1.29 is 13.6 Å². The minimum Gasteiger partial charge on any atom is -0.365 e. The fourth-order valence-electron chi connectivity index (χ4n) is 3.21. The van der Waals surface area contributed by atoms with E-state index >= 15 is 0 Å². The van der Waals surface area contributed by atoms with Gasteiger partial charge in [-0.15, -0.1) is 0 Å². The Hall–Kier alpha value is -3.67. The smallest absolute Gasteiger partial charge is 0.264 e. The molecule has 0 saturated heterocycles. The van der Waals surface area contributed by atoms with Gasteiger partial charge in [0.25, 0.3) is 11.8 Å². The normalized spacial score (nSPS) is 20.2. The van der Waals surface area contributed by atoms with Gasteiger partial charge < -0.3 is 27.5 Å². The highest BCUT2D eigenvalue weighted by molar-refractivity contribution is 6.14. The van der Waals surface area contributed by atoms with E-state index in [0.29, 0.717) is 24.2 Å². The van der Waals surface area contributed by atoms with Crippen LogP contribution in [0.3, 0.4) is 0 Å². The summed E-state index contributed by atoms with van der Waals surface area (Å²) in [5, 5.41) is 16.6. The average Bonchev–Trinajstić information content (AvgIpc) is 2.72. The van der Waals surface area contributed by atoms with Crippen molar-refractivity contribution in [2.24, 2.45) is 16.6 Å². The van der Waals surface area contributed by atoms with Gasteiger partial charge in [0.05, 0.1) is 24.0 Å². The average molecular weight is 431 g/mol. The number of carbonyl (C=O) groups excluding carboxylic acids is 1. The molecule has 10 nitrogen and oxygen atoms in total. The maximum absolute atomic E-state index is 13.9. The Balaban J connectivity index is 1.82. The van der Waals surface area contributed by atoms with Gasteiger partial charge in [-0.1, -0.05) is 6.07 Å². The Kier molecular flexibility index (Phi) is 6.70. The zero-order valence-corrected chi connectivity index (χ0v) is 16.5. The van der Waals surface area contributed by atoms with Gasteiger partial charge in [-0.2, -0.15) is 10.1 Å². The number of nitrogens with one attached hydrogen (secondary N) is 4. The summed E-state index contributed by atoms with van der Waals surface area (Å²) < 4.78 is 27.9. The summed E-state index contributed by atoms with van der Waals surface area (Å²) in [6.07, 6.45) is 4.04. The molecule has 0 aliphatic heterocycles. The van der Waals surface area contributed by atoms with Gasteiger partial charge in [-0.25, -0.2) is 13.8 Å². The van der Waals surface area contributed by atoms with Gasteiger partial charge in [0.1, 0.15) is 11.4 Å². The number of nitrogens with zero attached hydrogens (tertiary/aromatic N) is 3. The number of hydrazone groups is 1. The summed E-state index contributed by atoms with van der Waals surface area (Å²) in [5.74, 6) is -3.56. The Morgan fingerprint density at radius 1 is 1.35 bits per heavy atom. The van der Waals surface area contributed by atoms with Gasteiger partial charge in [0.15, 0.2) is 0 Å². The summed E-state index contributed by atoms with van der Waals surface area (Å²) in [4.78, 5) is 20.1. The van der Waals surface area contributed by atoms with E-state index in [1.54, 1.807) is 24.3 Å². The van der Waals surface area contributed by atoms with Crippen LogP contribution in [-0.2, 0) is 0 Å². The van der Waals surface area contributed by atoms with E-state index in [1.165, 1.54) is 12.4 Å². The van der Waals surface area contributed by atoms with Crippen LogP contribution in [0.15, 0.2) is 35.6 Å². The summed E-state index contributed by atoms with van der Waals surface area (Å²) in [6.45, 7) is 0. The first-order chi connectivity index (χ1) is 14.8. The standard InChI is InChI=1S/C19H23F2N9O/c20-19(21)6-2-5-14(15(19)23)28-18-25-10-13(16(24)31)17(29-18)27-11-3-1-4-12(9-11)30-26-8-7-22/h1,3-4,7-10,14-15,22,30H,2,5-6,23H2,(H2,24,31)(H2,25,27,28,29)/b22-7?,26-8-/t14-,15-/m1/s1. The molecule has 1 heterocycles. The molecule has 31 heavy (non-hydrogen) atoms. The predicted molar refractivity (Wildman–Crippen MR) is 115 cm³/mol. The molecule has 0 unspecified atom stereocenters. The van der Waals surface area contributed by atoms with E-state index in [9.17, 15) is 13.6 Å². The number of carbonyl (C=O) groups is 1. The SMILES string of the molecule is N=C/C=N\Nc1cccc(Nc2nc(N[C@@H]3CCCC(F)(F)[C@@H]3N)ncc2C(N)=O)c1. The molecule has 164 valence electrons. The summed E-state index contributed by atoms with van der Waals surface area (Å²) >= 11 is 0. The molecule has 0 radical (unpaired) electrons. The second-order valence-corrected chi connectivity index (χ2v) is 7.01. The number of alkyl halides is 2. The number of hydrogen-bond donors (Lipinski definition) is 6. The zero-order chi connectivity index (χ0) is 22.4. The molecule has 2 aromatic rings. The van der Waals surface area contributed by atoms with Crippen LogP contribution >= 0.6 is 0 Å². The molecule has 1 aromatic heterocycles. The Morgan fingerprint density at radius 2 is 2.13 bits per heavy atom. The number of rotatable bonds is 8. The van der Waals surface area contributed by atoms with Crippen LogP contribution in [0.25, 0.3) is 0 Å². The van der Waals surface area contributed by atoms with Crippen molar-refractivity contribution in [3.8, 4) is 0 Å². The molecule has 1 amide bonds. The van der Waals surface area contributed by atoms with Crippen LogP contribution in [0.1, 0.15) is 29.6 Å². The Labute approximate surface area is 177 Å². The largest absolute Gasteiger partial charge is 0.365 e. The van der Waals surface area contributed by atoms with Crippen LogP contribution < -0.4 is 27.5 Å². The first-order valence-corrected chi connectivity index (χ1v) is 9.52. The number of nitrogens with two attached hydrogens (primary N) is 2. The molecular weight excluding hydrogens is 408 g/mol. The van der Waals surface area contributed by atoms with E-state index in [0.717, 1.165) is 6.21 Å². The lowest BCUT2D eigenvalue weighted by atomic mass is 9.87. The van der Waals surface area contributed by atoms with Crippen LogP contribution in [0.5, 0.6) is 0 Å².